The highest BCUT2D eigenvalue weighted by Gasteiger charge is 2.37. The summed E-state index contributed by atoms with van der Waals surface area (Å²) in [7, 11) is 0. The molecule has 0 amide bonds. The maximum absolute atomic E-state index is 2.47. The van der Waals surface area contributed by atoms with E-state index in [-0.39, 0.29) is 5.41 Å². The third kappa shape index (κ3) is 4.94. The molecule has 1 aliphatic carbocycles. The monoisotopic (exact) mass is 678 g/mol. The molecule has 10 rings (SSSR count). The number of anilines is 3. The molecule has 0 saturated heterocycles. The molecule has 0 N–H and O–H groups in total. The van der Waals surface area contributed by atoms with Crippen LogP contribution in [0.25, 0.3) is 60.9 Å². The van der Waals surface area contributed by atoms with Gasteiger partial charge in [-0.25, -0.2) is 0 Å². The van der Waals surface area contributed by atoms with Gasteiger partial charge in [-0.3, -0.25) is 0 Å². The summed E-state index contributed by atoms with van der Waals surface area (Å²) in [6.45, 7) is 4.71. The Hall–Kier alpha value is -6.64. The van der Waals surface area contributed by atoms with E-state index in [2.05, 4.69) is 217 Å². The van der Waals surface area contributed by atoms with E-state index in [1.165, 1.54) is 72.0 Å². The van der Waals surface area contributed by atoms with Crippen molar-refractivity contribution < 1.29 is 0 Å². The molecule has 0 unspecified atom stereocenters. The van der Waals surface area contributed by atoms with Crippen LogP contribution in [0.5, 0.6) is 0 Å². The molecule has 1 aliphatic rings. The normalized spacial score (nSPS) is 12.9. The van der Waals surface area contributed by atoms with Gasteiger partial charge in [0.15, 0.2) is 0 Å². The predicted octanol–water partition coefficient (Wildman–Crippen LogP) is 13.9. The highest BCUT2D eigenvalue weighted by Crippen LogP contribution is 2.54. The smallest absolute Gasteiger partial charge is 0.0562 e. The van der Waals surface area contributed by atoms with Gasteiger partial charge in [-0.15, -0.1) is 0 Å². The molecule has 0 saturated carbocycles. The van der Waals surface area contributed by atoms with Gasteiger partial charge in [0, 0.05) is 38.8 Å². The van der Waals surface area contributed by atoms with Gasteiger partial charge in [-0.2, -0.15) is 0 Å². The van der Waals surface area contributed by atoms with Crippen LogP contribution in [-0.4, -0.2) is 4.57 Å². The Labute approximate surface area is 310 Å². The Morgan fingerprint density at radius 3 is 1.77 bits per heavy atom. The molecular formula is C51H38N2. The number of para-hydroxylation sites is 1. The second-order valence-electron chi connectivity index (χ2n) is 14.6. The van der Waals surface area contributed by atoms with Gasteiger partial charge in [0.2, 0.25) is 0 Å². The number of hydrogen-bond acceptors (Lipinski definition) is 1. The first-order valence-electron chi connectivity index (χ1n) is 18.4. The minimum absolute atomic E-state index is 0.109. The highest BCUT2D eigenvalue weighted by atomic mass is 15.1. The van der Waals surface area contributed by atoms with E-state index >= 15 is 0 Å². The van der Waals surface area contributed by atoms with Crippen molar-refractivity contribution in [1.82, 2.24) is 4.57 Å². The molecule has 8 aromatic carbocycles. The predicted molar refractivity (Wildman–Crippen MR) is 224 cm³/mol. The van der Waals surface area contributed by atoms with Crippen molar-refractivity contribution in [2.75, 3.05) is 4.90 Å². The maximum atomic E-state index is 2.47. The van der Waals surface area contributed by atoms with E-state index in [1.54, 1.807) is 0 Å². The standard InChI is InChI=1S/C51H38N2/c1-51(2)44-24-13-12-22-42(44)50-45(51)25-15-27-47(50)52(39-30-28-36(29-31-39)35-16-6-3-7-17-35)40-32-33-43-48(34-40)53(38-20-10-5-11-21-38)46-26-14-23-41(49(43)46)37-18-8-4-9-19-37/h3-34H,1-2H3. The largest absolute Gasteiger partial charge is 0.310 e. The average molecular weight is 679 g/mol. The van der Waals surface area contributed by atoms with Crippen LogP contribution in [0.3, 0.4) is 0 Å². The van der Waals surface area contributed by atoms with Gasteiger partial charge >= 0.3 is 0 Å². The molecule has 1 heterocycles. The summed E-state index contributed by atoms with van der Waals surface area (Å²) >= 11 is 0. The molecule has 2 nitrogen and oxygen atoms in total. The Bertz CT molecular complexity index is 2780. The number of benzene rings is 8. The van der Waals surface area contributed by atoms with Crippen LogP contribution in [0.15, 0.2) is 194 Å². The maximum Gasteiger partial charge on any atom is 0.0562 e. The molecule has 2 heteroatoms. The van der Waals surface area contributed by atoms with Crippen molar-refractivity contribution >= 4 is 38.9 Å². The van der Waals surface area contributed by atoms with Gasteiger partial charge in [0.1, 0.15) is 0 Å². The Balaban J connectivity index is 1.25. The Morgan fingerprint density at radius 2 is 1.02 bits per heavy atom. The molecule has 252 valence electrons. The van der Waals surface area contributed by atoms with E-state index in [0.29, 0.717) is 0 Å². The summed E-state index contributed by atoms with van der Waals surface area (Å²) in [5.41, 5.74) is 17.0. The lowest BCUT2D eigenvalue weighted by Gasteiger charge is -2.29. The summed E-state index contributed by atoms with van der Waals surface area (Å²) in [4.78, 5) is 2.47. The van der Waals surface area contributed by atoms with Crippen molar-refractivity contribution in [2.24, 2.45) is 0 Å². The second kappa shape index (κ2) is 12.3. The number of nitrogens with zero attached hydrogens (tertiary/aromatic N) is 2. The zero-order valence-electron chi connectivity index (χ0n) is 29.9. The second-order valence-corrected chi connectivity index (χ2v) is 14.6. The van der Waals surface area contributed by atoms with Crippen molar-refractivity contribution in [3.8, 4) is 39.1 Å². The zero-order valence-corrected chi connectivity index (χ0v) is 29.9. The topological polar surface area (TPSA) is 8.17 Å². The van der Waals surface area contributed by atoms with Gasteiger partial charge in [-0.05, 0) is 87.5 Å². The minimum atomic E-state index is -0.109. The molecule has 0 radical (unpaired) electrons. The van der Waals surface area contributed by atoms with Crippen LogP contribution in [-0.2, 0) is 5.41 Å². The van der Waals surface area contributed by atoms with E-state index in [4.69, 9.17) is 0 Å². The lowest BCUT2D eigenvalue weighted by Crippen LogP contribution is -2.16. The fourth-order valence-corrected chi connectivity index (χ4v) is 8.69. The third-order valence-electron chi connectivity index (χ3n) is 11.2. The van der Waals surface area contributed by atoms with Crippen molar-refractivity contribution in [2.45, 2.75) is 19.3 Å². The van der Waals surface area contributed by atoms with Crippen LogP contribution in [0, 0.1) is 0 Å². The molecule has 1 aromatic heterocycles. The fraction of sp³-hybridized carbons (Fsp3) is 0.0588. The summed E-state index contributed by atoms with van der Waals surface area (Å²) in [6, 6.07) is 70.8. The number of hydrogen-bond donors (Lipinski definition) is 0. The van der Waals surface area contributed by atoms with Gasteiger partial charge in [0.05, 0.1) is 16.7 Å². The van der Waals surface area contributed by atoms with Gasteiger partial charge in [0.25, 0.3) is 0 Å². The fourth-order valence-electron chi connectivity index (χ4n) is 8.69. The van der Waals surface area contributed by atoms with E-state index < -0.39 is 0 Å². The molecule has 0 spiro atoms. The summed E-state index contributed by atoms with van der Waals surface area (Å²) in [6.07, 6.45) is 0. The van der Waals surface area contributed by atoms with Gasteiger partial charge < -0.3 is 9.47 Å². The molecule has 0 bridgehead atoms. The lowest BCUT2D eigenvalue weighted by molar-refractivity contribution is 0.660. The average Bonchev–Trinajstić information content (AvgIpc) is 3.68. The number of aromatic nitrogens is 1. The van der Waals surface area contributed by atoms with Gasteiger partial charge in [-0.1, -0.05) is 159 Å². The quantitative estimate of drug-likeness (QED) is 0.170. The summed E-state index contributed by atoms with van der Waals surface area (Å²) < 4.78 is 2.44. The van der Waals surface area contributed by atoms with Crippen LogP contribution in [0.2, 0.25) is 0 Å². The first kappa shape index (κ1) is 31.1. The van der Waals surface area contributed by atoms with Crippen LogP contribution in [0.1, 0.15) is 25.0 Å². The Kier molecular flexibility index (Phi) is 7.19. The molecule has 9 aromatic rings. The van der Waals surface area contributed by atoms with Crippen molar-refractivity contribution in [3.05, 3.63) is 205 Å². The lowest BCUT2D eigenvalue weighted by atomic mass is 9.82. The first-order valence-corrected chi connectivity index (χ1v) is 18.4. The van der Waals surface area contributed by atoms with E-state index in [0.717, 1.165) is 17.1 Å². The number of rotatable bonds is 6. The molecule has 0 fully saturated rings. The third-order valence-corrected chi connectivity index (χ3v) is 11.2. The van der Waals surface area contributed by atoms with E-state index in [1.807, 2.05) is 0 Å². The van der Waals surface area contributed by atoms with Crippen molar-refractivity contribution in [1.29, 1.82) is 0 Å². The molecular weight excluding hydrogens is 641 g/mol. The first-order chi connectivity index (χ1) is 26.1. The SMILES string of the molecule is CC1(C)c2ccccc2-c2c(N(c3ccc(-c4ccccc4)cc3)c3ccc4c5c(-c6ccccc6)cccc5n(-c5ccccc5)c4c3)cccc21. The summed E-state index contributed by atoms with van der Waals surface area (Å²) in [5.74, 6) is 0. The van der Waals surface area contributed by atoms with E-state index in [9.17, 15) is 0 Å². The minimum Gasteiger partial charge on any atom is -0.310 e. The highest BCUT2D eigenvalue weighted by molar-refractivity contribution is 6.16. The van der Waals surface area contributed by atoms with Crippen LogP contribution >= 0.6 is 0 Å². The molecule has 0 atom stereocenters. The van der Waals surface area contributed by atoms with Crippen molar-refractivity contribution in [3.63, 3.8) is 0 Å². The summed E-state index contributed by atoms with van der Waals surface area (Å²) in [5, 5.41) is 2.50. The number of fused-ring (bicyclic) bond motifs is 6. The molecule has 0 aliphatic heterocycles. The zero-order chi connectivity index (χ0) is 35.5. The Morgan fingerprint density at radius 1 is 0.434 bits per heavy atom. The van der Waals surface area contributed by atoms with Crippen LogP contribution in [0.4, 0.5) is 17.1 Å². The van der Waals surface area contributed by atoms with Crippen LogP contribution < -0.4 is 4.90 Å². The molecule has 53 heavy (non-hydrogen) atoms.